The first-order chi connectivity index (χ1) is 12.5. The maximum atomic E-state index is 13.0. The highest BCUT2D eigenvalue weighted by atomic mass is 32.2. The second-order valence-electron chi connectivity index (χ2n) is 5.74. The number of thioether (sulfide) groups is 1. The van der Waals surface area contributed by atoms with Crippen LogP contribution in [0.15, 0.2) is 29.2 Å². The Morgan fingerprint density at radius 3 is 2.58 bits per heavy atom. The van der Waals surface area contributed by atoms with Crippen molar-refractivity contribution >= 4 is 57.3 Å². The number of anilines is 1. The van der Waals surface area contributed by atoms with Crippen molar-refractivity contribution in [1.29, 1.82) is 0 Å². The van der Waals surface area contributed by atoms with Crippen molar-refractivity contribution in [1.82, 2.24) is 4.90 Å². The Labute approximate surface area is 161 Å². The van der Waals surface area contributed by atoms with Gasteiger partial charge in [-0.05, 0) is 19.4 Å². The predicted octanol–water partition coefficient (Wildman–Crippen LogP) is 2.58. The van der Waals surface area contributed by atoms with E-state index in [1.54, 1.807) is 11.8 Å². The van der Waals surface area contributed by atoms with Crippen molar-refractivity contribution in [2.75, 3.05) is 24.6 Å². The predicted molar refractivity (Wildman–Crippen MR) is 105 cm³/mol. The molecule has 2 aliphatic rings. The molecule has 0 N–H and O–H groups in total. The third kappa shape index (κ3) is 3.14. The van der Waals surface area contributed by atoms with Crippen molar-refractivity contribution in [2.45, 2.75) is 20.3 Å². The highest BCUT2D eigenvalue weighted by molar-refractivity contribution is 8.26. The zero-order valence-electron chi connectivity index (χ0n) is 14.5. The standard InChI is InChI=1S/C18H18N2O4S2/c1-3-9-19-12-8-6-5-7-11(12)14(16(19)22)15-17(23)20(18(25)26-15)10-13(21)24-4-2/h5-8H,3-4,9-10H2,1-2H3. The van der Waals surface area contributed by atoms with Gasteiger partial charge in [-0.15, -0.1) is 0 Å². The van der Waals surface area contributed by atoms with Gasteiger partial charge >= 0.3 is 5.97 Å². The number of ether oxygens (including phenoxy) is 1. The van der Waals surface area contributed by atoms with Crippen molar-refractivity contribution < 1.29 is 19.1 Å². The van der Waals surface area contributed by atoms with Crippen LogP contribution in [0.1, 0.15) is 25.8 Å². The van der Waals surface area contributed by atoms with Gasteiger partial charge in [0.25, 0.3) is 11.8 Å². The number of carbonyl (C=O) groups is 3. The van der Waals surface area contributed by atoms with Gasteiger partial charge in [-0.1, -0.05) is 49.1 Å². The molecule has 0 unspecified atom stereocenters. The molecular formula is C18H18N2O4S2. The summed E-state index contributed by atoms with van der Waals surface area (Å²) in [5.41, 5.74) is 1.88. The van der Waals surface area contributed by atoms with Crippen molar-refractivity contribution in [3.63, 3.8) is 0 Å². The van der Waals surface area contributed by atoms with E-state index in [9.17, 15) is 14.4 Å². The minimum absolute atomic E-state index is 0.204. The van der Waals surface area contributed by atoms with Gasteiger partial charge in [0, 0.05) is 12.1 Å². The van der Waals surface area contributed by atoms with Crippen molar-refractivity contribution in [2.24, 2.45) is 0 Å². The lowest BCUT2D eigenvalue weighted by Gasteiger charge is -2.15. The summed E-state index contributed by atoms with van der Waals surface area (Å²) in [5.74, 6) is -1.16. The van der Waals surface area contributed by atoms with E-state index < -0.39 is 11.9 Å². The first-order valence-electron chi connectivity index (χ1n) is 8.34. The van der Waals surface area contributed by atoms with Crippen molar-refractivity contribution in [3.05, 3.63) is 34.7 Å². The molecule has 1 aromatic rings. The number of fused-ring (bicyclic) bond motifs is 1. The third-order valence-corrected chi connectivity index (χ3v) is 5.49. The fourth-order valence-corrected chi connectivity index (χ4v) is 4.29. The summed E-state index contributed by atoms with van der Waals surface area (Å²) in [6.07, 6.45) is 0.803. The molecule has 0 atom stereocenters. The number of amides is 2. The second kappa shape index (κ2) is 7.59. The molecule has 2 aliphatic heterocycles. The molecule has 1 fully saturated rings. The highest BCUT2D eigenvalue weighted by Gasteiger charge is 2.42. The molecule has 136 valence electrons. The lowest BCUT2D eigenvalue weighted by Crippen LogP contribution is -2.34. The number of benzene rings is 1. The lowest BCUT2D eigenvalue weighted by molar-refractivity contribution is -0.145. The van der Waals surface area contributed by atoms with Crippen LogP contribution in [0.3, 0.4) is 0 Å². The summed E-state index contributed by atoms with van der Waals surface area (Å²) in [4.78, 5) is 40.7. The molecule has 0 aliphatic carbocycles. The first-order valence-corrected chi connectivity index (χ1v) is 9.56. The van der Waals surface area contributed by atoms with Crippen LogP contribution < -0.4 is 4.90 Å². The lowest BCUT2D eigenvalue weighted by atomic mass is 10.1. The van der Waals surface area contributed by atoms with E-state index in [0.29, 0.717) is 12.1 Å². The smallest absolute Gasteiger partial charge is 0.326 e. The van der Waals surface area contributed by atoms with Gasteiger partial charge in [-0.2, -0.15) is 0 Å². The Balaban J connectivity index is 2.00. The average molecular weight is 390 g/mol. The maximum absolute atomic E-state index is 13.0. The van der Waals surface area contributed by atoms with Crippen LogP contribution >= 0.6 is 24.0 Å². The van der Waals surface area contributed by atoms with Gasteiger partial charge in [-0.3, -0.25) is 19.3 Å². The third-order valence-electron chi connectivity index (χ3n) is 4.04. The van der Waals surface area contributed by atoms with Crippen LogP contribution in [0.2, 0.25) is 0 Å². The minimum Gasteiger partial charge on any atom is -0.465 e. The van der Waals surface area contributed by atoms with Gasteiger partial charge in [0.15, 0.2) is 0 Å². The molecule has 0 saturated carbocycles. The molecule has 0 spiro atoms. The van der Waals surface area contributed by atoms with E-state index in [4.69, 9.17) is 17.0 Å². The molecule has 6 nitrogen and oxygen atoms in total. The van der Waals surface area contributed by atoms with Crippen LogP contribution in [-0.4, -0.2) is 46.7 Å². The second-order valence-corrected chi connectivity index (χ2v) is 7.39. The Morgan fingerprint density at radius 1 is 1.15 bits per heavy atom. The number of nitrogens with zero attached hydrogens (tertiary/aromatic N) is 2. The van der Waals surface area contributed by atoms with E-state index in [0.717, 1.165) is 29.4 Å². The van der Waals surface area contributed by atoms with Crippen molar-refractivity contribution in [3.8, 4) is 0 Å². The van der Waals surface area contributed by atoms with E-state index >= 15 is 0 Å². The fraction of sp³-hybridized carbons (Fsp3) is 0.333. The molecule has 0 aromatic heterocycles. The zero-order valence-corrected chi connectivity index (χ0v) is 16.1. The Kier molecular flexibility index (Phi) is 5.43. The summed E-state index contributed by atoms with van der Waals surface area (Å²) in [7, 11) is 0. The van der Waals surface area contributed by atoms with Gasteiger partial charge < -0.3 is 9.64 Å². The molecule has 1 aromatic carbocycles. The normalized spacial score (nSPS) is 19.4. The topological polar surface area (TPSA) is 66.9 Å². The summed E-state index contributed by atoms with van der Waals surface area (Å²) in [6.45, 7) is 4.24. The number of hydrogen-bond acceptors (Lipinski definition) is 6. The molecule has 8 heteroatoms. The number of para-hydroxylation sites is 1. The monoisotopic (exact) mass is 390 g/mol. The molecule has 2 amide bonds. The highest BCUT2D eigenvalue weighted by Crippen LogP contribution is 2.44. The zero-order chi connectivity index (χ0) is 18.8. The first kappa shape index (κ1) is 18.6. The van der Waals surface area contributed by atoms with Crippen LogP contribution in [0.4, 0.5) is 5.69 Å². The van der Waals surface area contributed by atoms with E-state index in [1.807, 2.05) is 31.2 Å². The van der Waals surface area contributed by atoms with E-state index in [-0.39, 0.29) is 28.3 Å². The number of carbonyl (C=O) groups excluding carboxylic acids is 3. The fourth-order valence-electron chi connectivity index (χ4n) is 2.97. The minimum atomic E-state index is -0.527. The summed E-state index contributed by atoms with van der Waals surface area (Å²) in [6, 6.07) is 7.40. The Bertz CT molecular complexity index is 834. The summed E-state index contributed by atoms with van der Waals surface area (Å²) < 4.78 is 5.15. The largest absolute Gasteiger partial charge is 0.465 e. The van der Waals surface area contributed by atoms with Crippen LogP contribution in [0.5, 0.6) is 0 Å². The number of esters is 1. The summed E-state index contributed by atoms with van der Waals surface area (Å²) >= 11 is 6.31. The van der Waals surface area contributed by atoms with Crippen LogP contribution in [-0.2, 0) is 19.1 Å². The molecule has 1 saturated heterocycles. The molecule has 0 bridgehead atoms. The van der Waals surface area contributed by atoms with E-state index in [2.05, 4.69) is 0 Å². The van der Waals surface area contributed by atoms with Crippen LogP contribution in [0, 0.1) is 0 Å². The van der Waals surface area contributed by atoms with Gasteiger partial charge in [0.05, 0.1) is 22.8 Å². The molecule has 26 heavy (non-hydrogen) atoms. The molecular weight excluding hydrogens is 372 g/mol. The maximum Gasteiger partial charge on any atom is 0.326 e. The Hall–Kier alpha value is -2.19. The Morgan fingerprint density at radius 2 is 1.88 bits per heavy atom. The van der Waals surface area contributed by atoms with Gasteiger partial charge in [0.2, 0.25) is 0 Å². The SMILES string of the molecule is CCCN1C(=O)C(=C2SC(=S)N(CC(=O)OCC)C2=O)c2ccccc21. The quantitative estimate of drug-likeness (QED) is 0.437. The molecule has 3 rings (SSSR count). The van der Waals surface area contributed by atoms with Gasteiger partial charge in [0.1, 0.15) is 10.9 Å². The average Bonchev–Trinajstić information content (AvgIpc) is 3.04. The van der Waals surface area contributed by atoms with Gasteiger partial charge in [-0.25, -0.2) is 0 Å². The summed E-state index contributed by atoms with van der Waals surface area (Å²) in [5, 5.41) is 0. The number of thiocarbonyl (C=S) groups is 1. The number of rotatable bonds is 5. The molecule has 2 heterocycles. The number of hydrogen-bond donors (Lipinski definition) is 0. The molecule has 0 radical (unpaired) electrons. The van der Waals surface area contributed by atoms with Crippen LogP contribution in [0.25, 0.3) is 5.57 Å². The van der Waals surface area contributed by atoms with E-state index in [1.165, 1.54) is 4.90 Å².